The van der Waals surface area contributed by atoms with Gasteiger partial charge in [-0.3, -0.25) is 5.10 Å². The number of hydrogen-bond acceptors (Lipinski definition) is 8. The summed E-state index contributed by atoms with van der Waals surface area (Å²) in [6, 6.07) is 4.04. The number of aliphatic hydroxyl groups is 1. The molecule has 1 unspecified atom stereocenters. The summed E-state index contributed by atoms with van der Waals surface area (Å²) in [5.41, 5.74) is 3.60. The van der Waals surface area contributed by atoms with Crippen LogP contribution in [0.25, 0.3) is 16.8 Å². The number of nitrogens with one attached hydrogen (secondary N) is 2. The van der Waals surface area contributed by atoms with Crippen molar-refractivity contribution in [3.05, 3.63) is 36.4 Å². The van der Waals surface area contributed by atoms with E-state index in [-0.39, 0.29) is 12.5 Å². The van der Waals surface area contributed by atoms with Gasteiger partial charge in [0, 0.05) is 43.1 Å². The molecule has 0 bridgehead atoms. The monoisotopic (exact) mass is 410 g/mol. The third kappa shape index (κ3) is 3.45. The van der Waals surface area contributed by atoms with Crippen LogP contribution < -0.4 is 10.2 Å². The lowest BCUT2D eigenvalue weighted by molar-refractivity contribution is 0.208. The molecule has 0 spiro atoms. The van der Waals surface area contributed by atoms with E-state index in [1.165, 1.54) is 11.5 Å². The Hall–Kier alpha value is -2.98. The van der Waals surface area contributed by atoms with Gasteiger partial charge in [-0.1, -0.05) is 0 Å². The zero-order chi connectivity index (χ0) is 19.8. The number of aromatic nitrogens is 6. The fourth-order valence-corrected chi connectivity index (χ4v) is 4.44. The van der Waals surface area contributed by atoms with Crippen LogP contribution in [0.15, 0.2) is 30.7 Å². The second kappa shape index (κ2) is 7.45. The molecule has 9 nitrogen and oxygen atoms in total. The van der Waals surface area contributed by atoms with Gasteiger partial charge in [0.1, 0.15) is 16.6 Å². The molecule has 3 N–H and O–H groups in total. The molecule has 1 fully saturated rings. The number of aliphatic hydroxyl groups excluding tert-OH is 1. The lowest BCUT2D eigenvalue weighted by Gasteiger charge is -2.33. The Balaban J connectivity index is 1.61. The van der Waals surface area contributed by atoms with E-state index >= 15 is 0 Å². The topological polar surface area (TPSA) is 107 Å². The van der Waals surface area contributed by atoms with E-state index in [9.17, 15) is 5.11 Å². The van der Waals surface area contributed by atoms with Crippen LogP contribution in [0.5, 0.6) is 0 Å². The molecular weight excluding hydrogens is 388 g/mol. The Morgan fingerprint density at radius 1 is 1.34 bits per heavy atom. The van der Waals surface area contributed by atoms with E-state index in [1.807, 2.05) is 36.0 Å². The molecule has 0 aliphatic carbocycles. The zero-order valence-electron chi connectivity index (χ0n) is 16.0. The first kappa shape index (κ1) is 18.1. The fourth-order valence-electron chi connectivity index (χ4n) is 3.77. The number of fused-ring (bicyclic) bond motifs is 1. The lowest BCUT2D eigenvalue weighted by Crippen LogP contribution is -2.37. The smallest absolute Gasteiger partial charge is 0.167 e. The maximum Gasteiger partial charge on any atom is 0.167 e. The number of piperidine rings is 1. The van der Waals surface area contributed by atoms with Crippen LogP contribution in [0.2, 0.25) is 0 Å². The van der Waals surface area contributed by atoms with Crippen LogP contribution in [0, 0.1) is 12.8 Å². The van der Waals surface area contributed by atoms with Gasteiger partial charge in [-0.25, -0.2) is 4.98 Å². The third-order valence-electron chi connectivity index (χ3n) is 5.25. The number of anilines is 3. The minimum atomic E-state index is 0.205. The van der Waals surface area contributed by atoms with E-state index < -0.39 is 0 Å². The zero-order valence-corrected chi connectivity index (χ0v) is 16.9. The maximum atomic E-state index is 9.63. The summed E-state index contributed by atoms with van der Waals surface area (Å²) < 4.78 is 6.17. The summed E-state index contributed by atoms with van der Waals surface area (Å²) in [6.07, 6.45) is 7.52. The van der Waals surface area contributed by atoms with Gasteiger partial charge in [-0.2, -0.15) is 19.1 Å². The summed E-state index contributed by atoms with van der Waals surface area (Å²) in [7, 11) is 0. The molecule has 4 aromatic rings. The number of aromatic amines is 1. The van der Waals surface area contributed by atoms with Gasteiger partial charge in [0.2, 0.25) is 0 Å². The SMILES string of the molecule is Cc1cc(Nc2cc(N3CCCC(CO)C3)nc3c(-c4cn[nH]c4)cnn23)sn1. The normalized spacial score (nSPS) is 17.2. The van der Waals surface area contributed by atoms with Crippen molar-refractivity contribution in [2.24, 2.45) is 5.92 Å². The molecule has 0 radical (unpaired) electrons. The molecular formula is C19H22N8OS. The van der Waals surface area contributed by atoms with E-state index in [0.717, 1.165) is 65.0 Å². The molecule has 0 aromatic carbocycles. The van der Waals surface area contributed by atoms with Crippen LogP contribution >= 0.6 is 11.5 Å². The molecule has 0 amide bonds. The number of nitrogens with zero attached hydrogens (tertiary/aromatic N) is 6. The van der Waals surface area contributed by atoms with Crippen molar-refractivity contribution in [1.82, 2.24) is 29.2 Å². The Morgan fingerprint density at radius 3 is 3.03 bits per heavy atom. The van der Waals surface area contributed by atoms with Crippen LogP contribution in [0.4, 0.5) is 16.6 Å². The van der Waals surface area contributed by atoms with Gasteiger partial charge in [-0.15, -0.1) is 0 Å². The van der Waals surface area contributed by atoms with Crippen LogP contribution in [-0.2, 0) is 0 Å². The molecule has 1 aliphatic rings. The number of rotatable bonds is 5. The summed E-state index contributed by atoms with van der Waals surface area (Å²) in [6.45, 7) is 3.90. The van der Waals surface area contributed by atoms with Crippen LogP contribution in [0.3, 0.4) is 0 Å². The predicted molar refractivity (Wildman–Crippen MR) is 113 cm³/mol. The second-order valence-corrected chi connectivity index (χ2v) is 8.18. The van der Waals surface area contributed by atoms with E-state index in [4.69, 9.17) is 4.98 Å². The Bertz CT molecular complexity index is 1120. The summed E-state index contributed by atoms with van der Waals surface area (Å²) >= 11 is 1.42. The van der Waals surface area contributed by atoms with Crippen molar-refractivity contribution >= 4 is 33.8 Å². The first-order valence-electron chi connectivity index (χ1n) is 9.65. The largest absolute Gasteiger partial charge is 0.396 e. The standard InChI is InChI=1S/C19H22N8OS/c1-12-5-18(29-25-12)23-17-6-16(26-4-2-3-13(10-26)11-28)24-19-15(9-22-27(17)19)14-7-20-21-8-14/h5-9,13,23,28H,2-4,10-11H2,1H3,(H,20,21). The lowest BCUT2D eigenvalue weighted by atomic mass is 9.99. The third-order valence-corrected chi connectivity index (χ3v) is 6.04. The molecule has 5 heterocycles. The predicted octanol–water partition coefficient (Wildman–Crippen LogP) is 2.84. The van der Waals surface area contributed by atoms with Crippen molar-refractivity contribution in [2.45, 2.75) is 19.8 Å². The van der Waals surface area contributed by atoms with E-state index in [0.29, 0.717) is 0 Å². The molecule has 10 heteroatoms. The summed E-state index contributed by atoms with van der Waals surface area (Å²) in [5, 5.41) is 25.5. The average Bonchev–Trinajstić information content (AvgIpc) is 3.48. The number of hydrogen-bond donors (Lipinski definition) is 3. The average molecular weight is 411 g/mol. The molecule has 150 valence electrons. The summed E-state index contributed by atoms with van der Waals surface area (Å²) in [5.74, 6) is 1.99. The highest BCUT2D eigenvalue weighted by molar-refractivity contribution is 7.10. The van der Waals surface area contributed by atoms with Gasteiger partial charge in [0.05, 0.1) is 18.1 Å². The van der Waals surface area contributed by atoms with Crippen molar-refractivity contribution in [3.8, 4) is 11.1 Å². The number of aryl methyl sites for hydroxylation is 1. The molecule has 1 atom stereocenters. The minimum absolute atomic E-state index is 0.205. The Labute approximate surface area is 171 Å². The minimum Gasteiger partial charge on any atom is -0.396 e. The highest BCUT2D eigenvalue weighted by Crippen LogP contribution is 2.31. The molecule has 4 aromatic heterocycles. The van der Waals surface area contributed by atoms with Crippen LogP contribution in [0.1, 0.15) is 18.5 Å². The first-order chi connectivity index (χ1) is 14.2. The van der Waals surface area contributed by atoms with Gasteiger partial charge < -0.3 is 15.3 Å². The molecule has 1 saturated heterocycles. The highest BCUT2D eigenvalue weighted by Gasteiger charge is 2.23. The summed E-state index contributed by atoms with van der Waals surface area (Å²) in [4.78, 5) is 7.19. The van der Waals surface area contributed by atoms with Gasteiger partial charge in [0.15, 0.2) is 5.65 Å². The molecule has 1 aliphatic heterocycles. The molecule has 5 rings (SSSR count). The van der Waals surface area contributed by atoms with Gasteiger partial charge in [0.25, 0.3) is 0 Å². The van der Waals surface area contributed by atoms with Crippen molar-refractivity contribution in [3.63, 3.8) is 0 Å². The Morgan fingerprint density at radius 2 is 2.28 bits per heavy atom. The first-order valence-corrected chi connectivity index (χ1v) is 10.4. The number of H-pyrrole nitrogens is 1. The van der Waals surface area contributed by atoms with E-state index in [2.05, 4.69) is 29.9 Å². The van der Waals surface area contributed by atoms with Crippen molar-refractivity contribution in [2.75, 3.05) is 29.9 Å². The second-order valence-electron chi connectivity index (χ2n) is 7.37. The molecule has 29 heavy (non-hydrogen) atoms. The Kier molecular flexibility index (Phi) is 4.64. The highest BCUT2D eigenvalue weighted by atomic mass is 32.1. The maximum absolute atomic E-state index is 9.63. The van der Waals surface area contributed by atoms with Crippen molar-refractivity contribution in [1.29, 1.82) is 0 Å². The van der Waals surface area contributed by atoms with E-state index in [1.54, 1.807) is 6.20 Å². The fraction of sp³-hybridized carbons (Fsp3) is 0.368. The van der Waals surface area contributed by atoms with Gasteiger partial charge in [-0.05, 0) is 43.3 Å². The van der Waals surface area contributed by atoms with Gasteiger partial charge >= 0.3 is 0 Å². The van der Waals surface area contributed by atoms with Crippen molar-refractivity contribution < 1.29 is 5.11 Å². The molecule has 0 saturated carbocycles. The van der Waals surface area contributed by atoms with Crippen LogP contribution in [-0.4, -0.2) is 54.0 Å². The quantitative estimate of drug-likeness (QED) is 0.464.